The standard InChI is InChI=1S/C26H24ClF3N6O2/c27-20-11-5-4-9-17(20)13-19-22-24(38)35(15-21(37)16-7-2-1-3-8-16)33-25(26(28,29)30)36(22)32-23(19)34-12-6-10-18(31)14-34/h1-5,7-9,11,18H,6,10,12-15,31H2/t18-/m1/s1. The van der Waals surface area contributed by atoms with Crippen LogP contribution in [0.1, 0.15) is 40.2 Å². The molecular weight excluding hydrogens is 521 g/mol. The van der Waals surface area contributed by atoms with Crippen LogP contribution in [0.15, 0.2) is 59.4 Å². The number of aromatic nitrogens is 4. The number of fused-ring (bicyclic) bond motifs is 1. The first-order valence-corrected chi connectivity index (χ1v) is 12.4. The van der Waals surface area contributed by atoms with Gasteiger partial charge in [0.15, 0.2) is 11.6 Å². The average molecular weight is 545 g/mol. The van der Waals surface area contributed by atoms with E-state index >= 15 is 0 Å². The number of piperidine rings is 1. The molecule has 1 aliphatic heterocycles. The third-order valence-corrected chi connectivity index (χ3v) is 6.91. The topological polar surface area (TPSA) is 98.5 Å². The van der Waals surface area contributed by atoms with Gasteiger partial charge in [-0.15, -0.1) is 10.2 Å². The molecule has 198 valence electrons. The van der Waals surface area contributed by atoms with E-state index in [9.17, 15) is 22.8 Å². The smallest absolute Gasteiger partial charge is 0.353 e. The first kappa shape index (κ1) is 25.9. The van der Waals surface area contributed by atoms with Crippen LogP contribution in [0.4, 0.5) is 19.0 Å². The van der Waals surface area contributed by atoms with Crippen LogP contribution in [0.25, 0.3) is 5.52 Å². The van der Waals surface area contributed by atoms with Crippen molar-refractivity contribution < 1.29 is 18.0 Å². The van der Waals surface area contributed by atoms with E-state index in [2.05, 4.69) is 10.2 Å². The van der Waals surface area contributed by atoms with Crippen LogP contribution in [0.2, 0.25) is 5.02 Å². The molecule has 4 aromatic rings. The molecule has 8 nitrogen and oxygen atoms in total. The zero-order valence-corrected chi connectivity index (χ0v) is 20.9. The Morgan fingerprint density at radius 3 is 2.47 bits per heavy atom. The van der Waals surface area contributed by atoms with E-state index in [0.29, 0.717) is 32.9 Å². The number of benzene rings is 2. The molecule has 1 aliphatic rings. The Morgan fingerprint density at radius 1 is 1.08 bits per heavy atom. The Balaban J connectivity index is 1.74. The average Bonchev–Trinajstić information content (AvgIpc) is 3.26. The molecule has 2 aromatic heterocycles. The van der Waals surface area contributed by atoms with Crippen molar-refractivity contribution in [2.45, 2.75) is 38.0 Å². The number of hydrogen-bond donors (Lipinski definition) is 1. The second-order valence-corrected chi connectivity index (χ2v) is 9.66. The predicted molar refractivity (Wildman–Crippen MR) is 137 cm³/mol. The van der Waals surface area contributed by atoms with Gasteiger partial charge in [-0.25, -0.2) is 9.20 Å². The summed E-state index contributed by atoms with van der Waals surface area (Å²) in [6.07, 6.45) is -3.41. The first-order chi connectivity index (χ1) is 18.1. The fourth-order valence-corrected chi connectivity index (χ4v) is 4.93. The quantitative estimate of drug-likeness (QED) is 0.369. The molecule has 0 aliphatic carbocycles. The van der Waals surface area contributed by atoms with Crippen LogP contribution >= 0.6 is 11.6 Å². The number of ketones is 1. The molecule has 0 amide bonds. The highest BCUT2D eigenvalue weighted by atomic mass is 35.5. The van der Waals surface area contributed by atoms with Gasteiger partial charge in [0.25, 0.3) is 11.4 Å². The Labute approximate surface area is 220 Å². The van der Waals surface area contributed by atoms with Gasteiger partial charge in [0.1, 0.15) is 12.1 Å². The van der Waals surface area contributed by atoms with Gasteiger partial charge in [0.2, 0.25) is 0 Å². The monoisotopic (exact) mass is 544 g/mol. The van der Waals surface area contributed by atoms with E-state index in [1.165, 1.54) is 12.1 Å². The molecule has 1 saturated heterocycles. The lowest BCUT2D eigenvalue weighted by Crippen LogP contribution is -2.43. The van der Waals surface area contributed by atoms with Crippen molar-refractivity contribution in [1.29, 1.82) is 0 Å². The number of nitrogens with zero attached hydrogens (tertiary/aromatic N) is 5. The summed E-state index contributed by atoms with van der Waals surface area (Å²) >= 11 is 6.38. The van der Waals surface area contributed by atoms with Crippen LogP contribution in [0.5, 0.6) is 0 Å². The molecule has 0 unspecified atom stereocenters. The molecule has 5 rings (SSSR count). The van der Waals surface area contributed by atoms with Crippen molar-refractivity contribution >= 4 is 28.7 Å². The molecule has 0 bridgehead atoms. The molecule has 3 heterocycles. The zero-order chi connectivity index (χ0) is 27.0. The number of hydrogen-bond acceptors (Lipinski definition) is 6. The number of carbonyl (C=O) groups is 1. The molecule has 12 heteroatoms. The van der Waals surface area contributed by atoms with Crippen molar-refractivity contribution in [3.63, 3.8) is 0 Å². The molecular formula is C26H24ClF3N6O2. The first-order valence-electron chi connectivity index (χ1n) is 12.1. The number of Topliss-reactive ketones (excluding diaryl/α,β-unsaturated/α-hetero) is 1. The van der Waals surface area contributed by atoms with Gasteiger partial charge in [-0.2, -0.15) is 13.2 Å². The van der Waals surface area contributed by atoms with Crippen molar-refractivity contribution in [3.05, 3.63) is 92.5 Å². The van der Waals surface area contributed by atoms with Gasteiger partial charge in [-0.05, 0) is 24.5 Å². The van der Waals surface area contributed by atoms with Crippen LogP contribution in [0.3, 0.4) is 0 Å². The highest BCUT2D eigenvalue weighted by Gasteiger charge is 2.40. The predicted octanol–water partition coefficient (Wildman–Crippen LogP) is 3.96. The van der Waals surface area contributed by atoms with Gasteiger partial charge in [0, 0.05) is 41.7 Å². The molecule has 0 radical (unpaired) electrons. The van der Waals surface area contributed by atoms with Crippen molar-refractivity contribution in [2.24, 2.45) is 5.73 Å². The summed E-state index contributed by atoms with van der Waals surface area (Å²) in [6.45, 7) is 0.223. The summed E-state index contributed by atoms with van der Waals surface area (Å²) in [6, 6.07) is 14.7. The number of anilines is 1. The number of halogens is 4. The summed E-state index contributed by atoms with van der Waals surface area (Å²) in [4.78, 5) is 28.3. The highest BCUT2D eigenvalue weighted by Crippen LogP contribution is 2.33. The summed E-state index contributed by atoms with van der Waals surface area (Å²) in [7, 11) is 0. The van der Waals surface area contributed by atoms with Gasteiger partial charge in [-0.3, -0.25) is 9.59 Å². The van der Waals surface area contributed by atoms with Crippen molar-refractivity contribution in [3.8, 4) is 0 Å². The minimum atomic E-state index is -4.95. The summed E-state index contributed by atoms with van der Waals surface area (Å²) in [5.41, 5.74) is 6.13. The third kappa shape index (κ3) is 5.03. The van der Waals surface area contributed by atoms with Crippen LogP contribution in [-0.4, -0.2) is 44.3 Å². The number of rotatable bonds is 6. The molecule has 0 saturated carbocycles. The lowest BCUT2D eigenvalue weighted by molar-refractivity contribution is -0.147. The van der Waals surface area contributed by atoms with E-state index in [0.717, 1.165) is 12.8 Å². The number of alkyl halides is 3. The second-order valence-electron chi connectivity index (χ2n) is 9.25. The molecule has 38 heavy (non-hydrogen) atoms. The van der Waals surface area contributed by atoms with E-state index in [4.69, 9.17) is 17.3 Å². The molecule has 0 spiro atoms. The third-order valence-electron chi connectivity index (χ3n) is 6.54. The molecule has 2 N–H and O–H groups in total. The van der Waals surface area contributed by atoms with Gasteiger partial charge < -0.3 is 10.6 Å². The van der Waals surface area contributed by atoms with E-state index in [1.807, 2.05) is 0 Å². The van der Waals surface area contributed by atoms with Crippen LogP contribution in [-0.2, 0) is 19.1 Å². The number of carbonyl (C=O) groups excluding carboxylic acids is 1. The summed E-state index contributed by atoms with van der Waals surface area (Å²) in [5, 5.41) is 8.23. The molecule has 1 fully saturated rings. The van der Waals surface area contributed by atoms with E-state index in [-0.39, 0.29) is 34.9 Å². The lowest BCUT2D eigenvalue weighted by Gasteiger charge is -2.31. The Bertz CT molecular complexity index is 1550. The second kappa shape index (κ2) is 10.2. The molecule has 2 aromatic carbocycles. The number of nitrogens with two attached hydrogens (primary N) is 1. The maximum absolute atomic E-state index is 14.2. The van der Waals surface area contributed by atoms with Gasteiger partial charge in [-0.1, -0.05) is 60.1 Å². The lowest BCUT2D eigenvalue weighted by atomic mass is 10.0. The van der Waals surface area contributed by atoms with Crippen LogP contribution < -0.4 is 16.2 Å². The fraction of sp³-hybridized carbons (Fsp3) is 0.308. The minimum Gasteiger partial charge on any atom is -0.353 e. The fourth-order valence-electron chi connectivity index (χ4n) is 4.72. The highest BCUT2D eigenvalue weighted by molar-refractivity contribution is 6.31. The van der Waals surface area contributed by atoms with E-state index < -0.39 is 29.9 Å². The van der Waals surface area contributed by atoms with Crippen molar-refractivity contribution in [2.75, 3.05) is 18.0 Å². The van der Waals surface area contributed by atoms with Crippen LogP contribution in [0, 0.1) is 0 Å². The Morgan fingerprint density at radius 2 is 1.79 bits per heavy atom. The zero-order valence-electron chi connectivity index (χ0n) is 20.2. The van der Waals surface area contributed by atoms with E-state index in [1.54, 1.807) is 47.4 Å². The Hall–Kier alpha value is -3.70. The summed E-state index contributed by atoms with van der Waals surface area (Å²) in [5.74, 6) is -1.73. The normalized spacial score (nSPS) is 16.2. The maximum Gasteiger partial charge on any atom is 0.453 e. The largest absolute Gasteiger partial charge is 0.453 e. The van der Waals surface area contributed by atoms with Crippen molar-refractivity contribution in [1.82, 2.24) is 19.4 Å². The maximum atomic E-state index is 14.2. The molecule has 1 atom stereocenters. The van der Waals surface area contributed by atoms with Gasteiger partial charge in [0.05, 0.1) is 0 Å². The SMILES string of the molecule is N[C@@H]1CCCN(c2nn3c(C(F)(F)F)nn(CC(=O)c4ccccc4)c(=O)c3c2Cc2ccccc2Cl)C1. The summed E-state index contributed by atoms with van der Waals surface area (Å²) < 4.78 is 43.9. The van der Waals surface area contributed by atoms with Gasteiger partial charge >= 0.3 is 6.18 Å². The Kier molecular flexibility index (Phi) is 6.97. The minimum absolute atomic E-state index is 0.0490.